The van der Waals surface area contributed by atoms with Gasteiger partial charge in [-0.1, -0.05) is 58.7 Å². The lowest BCUT2D eigenvalue weighted by molar-refractivity contribution is 1.07. The Bertz CT molecular complexity index is 1270. The first-order valence-corrected chi connectivity index (χ1v) is 12.1. The summed E-state index contributed by atoms with van der Waals surface area (Å²) in [5.41, 5.74) is -0.766. The molecule has 3 nitrogen and oxygen atoms in total. The maximum Gasteiger partial charge on any atom is 0.226 e. The Hall–Kier alpha value is -1.83. The summed E-state index contributed by atoms with van der Waals surface area (Å²) in [5, 5.41) is -1.14. The second-order valence-corrected chi connectivity index (χ2v) is 10.7. The van der Waals surface area contributed by atoms with Gasteiger partial charge in [0.1, 0.15) is 0 Å². The molecule has 2 aromatic carbocycles. The molecule has 0 bridgehead atoms. The van der Waals surface area contributed by atoms with Crippen molar-refractivity contribution in [1.29, 1.82) is 0 Å². The number of hydrogen-bond acceptors (Lipinski definition) is 3. The van der Waals surface area contributed by atoms with Gasteiger partial charge in [-0.3, -0.25) is 0 Å². The fourth-order valence-corrected chi connectivity index (χ4v) is 3.32. The SMILES string of the molecule is [2H]c1c([2H])c(-c2nc(Cl)nc(-c3c([2H])c([2H])c([2H])c([Si]([CH])([CH])[CH])c3[2H])n2)c([2H])c([Si]([CH])([CH])[CH])c1[2H]. The predicted octanol–water partition coefficient (Wildman–Crippen LogP) is 2.67. The average molecular weight is 408 g/mol. The minimum Gasteiger partial charge on any atom is -0.208 e. The van der Waals surface area contributed by atoms with E-state index in [-0.39, 0.29) is 21.5 Å². The van der Waals surface area contributed by atoms with Gasteiger partial charge in [-0.2, -0.15) is 9.97 Å². The highest BCUT2D eigenvalue weighted by Gasteiger charge is 2.20. The molecule has 0 aliphatic heterocycles. The van der Waals surface area contributed by atoms with Crippen LogP contribution in [0.4, 0.5) is 0 Å². The summed E-state index contributed by atoms with van der Waals surface area (Å²) in [6, 6.07) is -4.76. The lowest BCUT2D eigenvalue weighted by atomic mass is 10.2. The Kier molecular flexibility index (Phi) is 3.21. The third-order valence-corrected chi connectivity index (χ3v) is 5.57. The Morgan fingerprint density at radius 3 is 1.48 bits per heavy atom. The Balaban J connectivity index is 2.44. The number of rotatable bonds is 4. The molecule has 3 aromatic rings. The van der Waals surface area contributed by atoms with Gasteiger partial charge in [-0.05, 0) is 50.9 Å². The summed E-state index contributed by atoms with van der Waals surface area (Å²) in [7, 11) is -7.63. The third-order valence-electron chi connectivity index (χ3n) is 3.17. The minimum absolute atomic E-state index is 0.326. The molecule has 12 radical (unpaired) electrons. The van der Waals surface area contributed by atoms with E-state index in [1.807, 2.05) is 0 Å². The quantitative estimate of drug-likeness (QED) is 0.624. The number of benzene rings is 2. The van der Waals surface area contributed by atoms with Crippen molar-refractivity contribution in [3.8, 4) is 22.8 Å². The van der Waals surface area contributed by atoms with Gasteiger partial charge in [-0.15, -0.1) is 0 Å². The molecule has 0 saturated carbocycles. The van der Waals surface area contributed by atoms with E-state index in [2.05, 4.69) is 15.0 Å². The van der Waals surface area contributed by atoms with Crippen molar-refractivity contribution in [2.45, 2.75) is 0 Å². The molecule has 0 amide bonds. The zero-order chi connectivity index (χ0) is 26.8. The van der Waals surface area contributed by atoms with Crippen LogP contribution in [-0.4, -0.2) is 31.1 Å². The van der Waals surface area contributed by atoms with E-state index in [9.17, 15) is 0 Å². The normalized spacial score (nSPS) is 16.4. The fraction of sp³-hybridized carbons (Fsp3) is 0. The maximum atomic E-state index is 8.48. The molecule has 0 fully saturated rings. The molecule has 128 valence electrons. The minimum atomic E-state index is -3.82. The second-order valence-electron chi connectivity index (χ2n) is 5.62. The van der Waals surface area contributed by atoms with Crippen LogP contribution in [-0.2, 0) is 0 Å². The van der Waals surface area contributed by atoms with Crippen LogP contribution in [0.1, 0.15) is 11.0 Å². The molecule has 0 aliphatic carbocycles. The van der Waals surface area contributed by atoms with E-state index in [4.69, 9.17) is 61.8 Å². The largest absolute Gasteiger partial charge is 0.226 e. The lowest BCUT2D eigenvalue weighted by Gasteiger charge is -2.17. The van der Waals surface area contributed by atoms with Crippen LogP contribution >= 0.6 is 11.6 Å². The topological polar surface area (TPSA) is 38.7 Å². The van der Waals surface area contributed by atoms with E-state index >= 15 is 0 Å². The van der Waals surface area contributed by atoms with Gasteiger partial charge < -0.3 is 0 Å². The number of hydrogen-bond donors (Lipinski definition) is 0. The number of halogens is 1. The Morgan fingerprint density at radius 2 is 1.11 bits per heavy atom. The molecule has 0 atom stereocenters. The van der Waals surface area contributed by atoms with Crippen LogP contribution in [0.5, 0.6) is 0 Å². The molecule has 0 spiro atoms. The lowest BCUT2D eigenvalue weighted by Crippen LogP contribution is -2.40. The van der Waals surface area contributed by atoms with Crippen LogP contribution in [0, 0.1) is 39.3 Å². The van der Waals surface area contributed by atoms with Gasteiger partial charge in [-0.25, -0.2) is 4.98 Å². The highest BCUT2D eigenvalue weighted by atomic mass is 35.5. The summed E-state index contributed by atoms with van der Waals surface area (Å²) >= 11 is 6.05. The van der Waals surface area contributed by atoms with Gasteiger partial charge in [0.15, 0.2) is 11.6 Å². The molecule has 0 unspecified atom stereocenters. The Labute approximate surface area is 180 Å². The van der Waals surface area contributed by atoms with E-state index in [0.29, 0.717) is 0 Å². The van der Waals surface area contributed by atoms with Gasteiger partial charge in [0, 0.05) is 11.1 Å². The molecule has 27 heavy (non-hydrogen) atoms. The molecule has 6 heteroatoms. The van der Waals surface area contributed by atoms with E-state index in [1.165, 1.54) is 0 Å². The van der Waals surface area contributed by atoms with Crippen molar-refractivity contribution < 1.29 is 11.0 Å². The molecule has 1 aromatic heterocycles. The summed E-state index contributed by atoms with van der Waals surface area (Å²) in [5.74, 6) is -0.858. The summed E-state index contributed by atoms with van der Waals surface area (Å²) < 4.78 is 65.8. The fourth-order valence-electron chi connectivity index (χ4n) is 1.92. The monoisotopic (exact) mass is 407 g/mol. The second kappa shape index (κ2) is 7.30. The van der Waals surface area contributed by atoms with Crippen molar-refractivity contribution in [2.75, 3.05) is 0 Å². The standard InChI is InChI=1S/C21H14ClN3Si2/c1-26(2,3)17-11-7-9-15(13-17)19-23-20(25-21(22)24-19)16-10-8-12-18(14-16)27(4,5)6/h1-14H/i7D,8D,9D,10D,11D,12D,13D,14D. The molecule has 0 saturated heterocycles. The van der Waals surface area contributed by atoms with Gasteiger partial charge >= 0.3 is 0 Å². The van der Waals surface area contributed by atoms with Crippen LogP contribution in [0.25, 0.3) is 22.8 Å². The zero-order valence-electron chi connectivity index (χ0n) is 21.7. The van der Waals surface area contributed by atoms with Crippen LogP contribution < -0.4 is 10.4 Å². The number of aromatic nitrogens is 3. The van der Waals surface area contributed by atoms with Crippen molar-refractivity contribution in [2.24, 2.45) is 0 Å². The Morgan fingerprint density at radius 1 is 0.704 bits per heavy atom. The third kappa shape index (κ3) is 4.72. The van der Waals surface area contributed by atoms with E-state index < -0.39 is 81.4 Å². The molecule has 0 aliphatic rings. The first-order valence-electron chi connectivity index (χ1n) is 11.3. The molecule has 1 heterocycles. The van der Waals surface area contributed by atoms with Crippen molar-refractivity contribution in [3.63, 3.8) is 0 Å². The van der Waals surface area contributed by atoms with Gasteiger partial charge in [0.05, 0.1) is 27.1 Å². The summed E-state index contributed by atoms with van der Waals surface area (Å²) in [4.78, 5) is 11.9. The van der Waals surface area contributed by atoms with Crippen LogP contribution in [0.2, 0.25) is 5.28 Å². The zero-order valence-corrected chi connectivity index (χ0v) is 16.4. The van der Waals surface area contributed by atoms with Crippen molar-refractivity contribution >= 4 is 38.1 Å². The van der Waals surface area contributed by atoms with Gasteiger partial charge in [0.25, 0.3) is 0 Å². The summed E-state index contributed by atoms with van der Waals surface area (Å²) in [6.45, 7) is 34.9. The van der Waals surface area contributed by atoms with Crippen LogP contribution in [0.3, 0.4) is 0 Å². The predicted molar refractivity (Wildman–Crippen MR) is 112 cm³/mol. The maximum absolute atomic E-state index is 8.48. The first-order chi connectivity index (χ1) is 15.9. The van der Waals surface area contributed by atoms with Crippen molar-refractivity contribution in [1.82, 2.24) is 15.0 Å². The molecule has 3 rings (SSSR count). The molecule has 0 N–H and O–H groups in total. The van der Waals surface area contributed by atoms with Crippen molar-refractivity contribution in [3.05, 3.63) is 92.9 Å². The van der Waals surface area contributed by atoms with E-state index in [0.717, 1.165) is 0 Å². The summed E-state index contributed by atoms with van der Waals surface area (Å²) in [6.07, 6.45) is 0. The van der Waals surface area contributed by atoms with E-state index in [1.54, 1.807) is 0 Å². The number of nitrogens with zero attached hydrogens (tertiary/aromatic N) is 3. The van der Waals surface area contributed by atoms with Gasteiger partial charge in [0.2, 0.25) is 5.28 Å². The molecular weight excluding hydrogens is 386 g/mol. The smallest absolute Gasteiger partial charge is 0.208 e. The first kappa shape index (κ1) is 11.9. The highest BCUT2D eigenvalue weighted by Crippen LogP contribution is 2.21. The highest BCUT2D eigenvalue weighted by molar-refractivity contribution is 6.96. The molecular formula is C21H14ClN3Si2. The average Bonchev–Trinajstić information content (AvgIpc) is 2.68. The van der Waals surface area contributed by atoms with Crippen LogP contribution in [0.15, 0.2) is 48.3 Å².